The third-order valence-corrected chi connectivity index (χ3v) is 4.10. The van der Waals surface area contributed by atoms with Gasteiger partial charge in [0.2, 0.25) is 0 Å². The van der Waals surface area contributed by atoms with E-state index in [9.17, 15) is 0 Å². The molecule has 7 heteroatoms. The minimum absolute atomic E-state index is 0.285. The number of nitrogens with one attached hydrogen (secondary N) is 1. The molecule has 0 bridgehead atoms. The summed E-state index contributed by atoms with van der Waals surface area (Å²) < 4.78 is 10.4. The first kappa shape index (κ1) is 19.9. The van der Waals surface area contributed by atoms with Crippen LogP contribution in [0.1, 0.15) is 25.0 Å². The van der Waals surface area contributed by atoms with Gasteiger partial charge in [0, 0.05) is 20.2 Å². The Morgan fingerprint density at radius 1 is 1.08 bits per heavy atom. The van der Waals surface area contributed by atoms with Gasteiger partial charge in [-0.05, 0) is 24.2 Å². The Morgan fingerprint density at radius 2 is 1.77 bits per heavy atom. The van der Waals surface area contributed by atoms with Crippen LogP contribution >= 0.6 is 0 Å². The predicted molar refractivity (Wildman–Crippen MR) is 104 cm³/mol. The van der Waals surface area contributed by atoms with Crippen molar-refractivity contribution < 1.29 is 9.47 Å². The zero-order valence-electron chi connectivity index (χ0n) is 15.9. The van der Waals surface area contributed by atoms with Crippen molar-refractivity contribution in [1.82, 2.24) is 14.9 Å². The van der Waals surface area contributed by atoms with Gasteiger partial charge >= 0.3 is 6.01 Å². The molecule has 0 aliphatic heterocycles. The number of hydrogen-bond acceptors (Lipinski definition) is 7. The van der Waals surface area contributed by atoms with E-state index in [0.29, 0.717) is 31.3 Å². The number of aromatic nitrogens is 2. The van der Waals surface area contributed by atoms with Crippen molar-refractivity contribution in [2.24, 2.45) is 0 Å². The Morgan fingerprint density at radius 3 is 2.42 bits per heavy atom. The van der Waals surface area contributed by atoms with Crippen LogP contribution in [0.5, 0.6) is 6.01 Å². The highest BCUT2D eigenvalue weighted by molar-refractivity contribution is 5.60. The van der Waals surface area contributed by atoms with Crippen LogP contribution in [0.25, 0.3) is 0 Å². The van der Waals surface area contributed by atoms with Crippen molar-refractivity contribution in [1.29, 1.82) is 0 Å². The molecule has 7 nitrogen and oxygen atoms in total. The number of nitrogen functional groups attached to an aromatic ring is 1. The quantitative estimate of drug-likeness (QED) is 0.596. The molecule has 0 atom stereocenters. The van der Waals surface area contributed by atoms with E-state index in [1.165, 1.54) is 5.56 Å². The molecule has 0 fully saturated rings. The van der Waals surface area contributed by atoms with E-state index in [2.05, 4.69) is 58.3 Å². The van der Waals surface area contributed by atoms with Gasteiger partial charge < -0.3 is 20.5 Å². The van der Waals surface area contributed by atoms with Gasteiger partial charge in [0.15, 0.2) is 5.82 Å². The van der Waals surface area contributed by atoms with Crippen molar-refractivity contribution >= 4 is 11.5 Å². The third kappa shape index (κ3) is 6.16. The summed E-state index contributed by atoms with van der Waals surface area (Å²) in [6.45, 7) is 8.96. The minimum atomic E-state index is 0.285. The van der Waals surface area contributed by atoms with E-state index >= 15 is 0 Å². The minimum Gasteiger partial charge on any atom is -0.461 e. The topological polar surface area (TPSA) is 85.5 Å². The Hall–Kier alpha value is -2.38. The number of methoxy groups -OCH3 is 1. The number of nitrogens with zero attached hydrogens (tertiary/aromatic N) is 3. The first-order chi connectivity index (χ1) is 12.7. The molecule has 0 aliphatic carbocycles. The van der Waals surface area contributed by atoms with Gasteiger partial charge in [0.05, 0.1) is 18.5 Å². The molecule has 2 aromatic rings. The first-order valence-electron chi connectivity index (χ1n) is 8.94. The second kappa shape index (κ2) is 10.6. The van der Waals surface area contributed by atoms with Crippen LogP contribution in [0.4, 0.5) is 11.5 Å². The summed E-state index contributed by atoms with van der Waals surface area (Å²) in [5.74, 6) is 0.569. The maximum Gasteiger partial charge on any atom is 0.318 e. The molecule has 142 valence electrons. The number of anilines is 2. The molecule has 0 unspecified atom stereocenters. The average Bonchev–Trinajstić information content (AvgIpc) is 2.67. The molecule has 0 radical (unpaired) electrons. The summed E-state index contributed by atoms with van der Waals surface area (Å²) in [6.07, 6.45) is 1.55. The van der Waals surface area contributed by atoms with Gasteiger partial charge in [0.25, 0.3) is 0 Å². The summed E-state index contributed by atoms with van der Waals surface area (Å²) in [4.78, 5) is 10.8. The van der Waals surface area contributed by atoms with Crippen molar-refractivity contribution in [3.8, 4) is 6.01 Å². The normalized spacial score (nSPS) is 10.9. The SMILES string of the molecule is CCN(CC)Cc1ccc(CNc2nc(OCCOC)ncc2N)cc1. The first-order valence-corrected chi connectivity index (χ1v) is 8.94. The van der Waals surface area contributed by atoms with Crippen LogP contribution in [-0.2, 0) is 17.8 Å². The highest BCUT2D eigenvalue weighted by Crippen LogP contribution is 2.18. The van der Waals surface area contributed by atoms with Crippen LogP contribution in [0, 0.1) is 0 Å². The van der Waals surface area contributed by atoms with Gasteiger partial charge in [0.1, 0.15) is 6.61 Å². The predicted octanol–water partition coefficient (Wildman–Crippen LogP) is 2.54. The number of benzene rings is 1. The van der Waals surface area contributed by atoms with Crippen molar-refractivity contribution in [2.75, 3.05) is 44.5 Å². The summed E-state index contributed by atoms with van der Waals surface area (Å²) in [6, 6.07) is 8.86. The Labute approximate surface area is 155 Å². The lowest BCUT2D eigenvalue weighted by Crippen LogP contribution is -2.22. The summed E-state index contributed by atoms with van der Waals surface area (Å²) in [5.41, 5.74) is 8.91. The lowest BCUT2D eigenvalue weighted by molar-refractivity contribution is 0.141. The second-order valence-electron chi connectivity index (χ2n) is 5.93. The van der Waals surface area contributed by atoms with Gasteiger partial charge in [-0.15, -0.1) is 0 Å². The summed E-state index contributed by atoms with van der Waals surface area (Å²) >= 11 is 0. The van der Waals surface area contributed by atoms with Gasteiger partial charge in [-0.2, -0.15) is 4.98 Å². The van der Waals surface area contributed by atoms with E-state index in [-0.39, 0.29) is 6.01 Å². The lowest BCUT2D eigenvalue weighted by atomic mass is 10.1. The van der Waals surface area contributed by atoms with Crippen molar-refractivity contribution in [3.63, 3.8) is 0 Å². The molecule has 0 spiro atoms. The molecule has 1 heterocycles. The highest BCUT2D eigenvalue weighted by atomic mass is 16.5. The lowest BCUT2D eigenvalue weighted by Gasteiger charge is -2.18. The maximum atomic E-state index is 5.94. The average molecular weight is 359 g/mol. The Balaban J connectivity index is 1.92. The summed E-state index contributed by atoms with van der Waals surface area (Å²) in [7, 11) is 1.62. The smallest absolute Gasteiger partial charge is 0.318 e. The fraction of sp³-hybridized carbons (Fsp3) is 0.474. The molecule has 1 aromatic heterocycles. The Kier molecular flexibility index (Phi) is 8.11. The molecular formula is C19H29N5O2. The number of rotatable bonds is 11. The van der Waals surface area contributed by atoms with E-state index in [4.69, 9.17) is 15.2 Å². The van der Waals surface area contributed by atoms with E-state index in [1.807, 2.05) is 0 Å². The molecule has 0 amide bonds. The molecule has 26 heavy (non-hydrogen) atoms. The molecule has 3 N–H and O–H groups in total. The highest BCUT2D eigenvalue weighted by Gasteiger charge is 2.06. The van der Waals surface area contributed by atoms with Crippen LogP contribution in [-0.4, -0.2) is 48.3 Å². The zero-order valence-corrected chi connectivity index (χ0v) is 15.9. The molecule has 2 rings (SSSR count). The summed E-state index contributed by atoms with van der Waals surface area (Å²) in [5, 5.41) is 3.24. The fourth-order valence-electron chi connectivity index (χ4n) is 2.46. The number of ether oxygens (including phenoxy) is 2. The van der Waals surface area contributed by atoms with Gasteiger partial charge in [-0.3, -0.25) is 4.90 Å². The third-order valence-electron chi connectivity index (χ3n) is 4.10. The van der Waals surface area contributed by atoms with Crippen LogP contribution < -0.4 is 15.8 Å². The van der Waals surface area contributed by atoms with Crippen LogP contribution in [0.2, 0.25) is 0 Å². The van der Waals surface area contributed by atoms with Gasteiger partial charge in [-0.25, -0.2) is 4.98 Å². The standard InChI is InChI=1S/C19H29N5O2/c1-4-24(5-2)14-16-8-6-15(7-9-16)12-21-18-17(20)13-22-19(23-18)26-11-10-25-3/h6-9,13H,4-5,10-12,14,20H2,1-3H3,(H,21,22,23). The number of nitrogens with two attached hydrogens (primary N) is 1. The van der Waals surface area contributed by atoms with E-state index in [1.54, 1.807) is 13.3 Å². The molecule has 1 aromatic carbocycles. The maximum absolute atomic E-state index is 5.94. The molecule has 0 saturated heterocycles. The largest absolute Gasteiger partial charge is 0.461 e. The molecular weight excluding hydrogens is 330 g/mol. The molecule has 0 saturated carbocycles. The van der Waals surface area contributed by atoms with Crippen LogP contribution in [0.15, 0.2) is 30.5 Å². The van der Waals surface area contributed by atoms with Crippen LogP contribution in [0.3, 0.4) is 0 Å². The van der Waals surface area contributed by atoms with Crippen molar-refractivity contribution in [2.45, 2.75) is 26.9 Å². The fourth-order valence-corrected chi connectivity index (χ4v) is 2.46. The zero-order chi connectivity index (χ0) is 18.8. The van der Waals surface area contributed by atoms with E-state index < -0.39 is 0 Å². The van der Waals surface area contributed by atoms with E-state index in [0.717, 1.165) is 25.2 Å². The number of hydrogen-bond donors (Lipinski definition) is 2. The Bertz CT molecular complexity index is 659. The van der Waals surface area contributed by atoms with Gasteiger partial charge in [-0.1, -0.05) is 38.1 Å². The molecule has 0 aliphatic rings. The second-order valence-corrected chi connectivity index (χ2v) is 5.93. The van der Waals surface area contributed by atoms with Crippen molar-refractivity contribution in [3.05, 3.63) is 41.6 Å². The monoisotopic (exact) mass is 359 g/mol.